The first-order valence-electron chi connectivity index (χ1n) is 8.42. The molecule has 0 aliphatic rings. The second kappa shape index (κ2) is 8.09. The zero-order chi connectivity index (χ0) is 19.4. The largest absolute Gasteiger partial charge is 0.495 e. The first-order valence-corrected chi connectivity index (χ1v) is 9.30. The number of hydrogen-bond acceptors (Lipinski definition) is 6. The number of amides is 1. The van der Waals surface area contributed by atoms with E-state index in [4.69, 9.17) is 4.74 Å². The van der Waals surface area contributed by atoms with Gasteiger partial charge in [-0.15, -0.1) is 11.3 Å². The second-order valence-electron chi connectivity index (χ2n) is 6.26. The maximum absolute atomic E-state index is 12.4. The molecule has 140 valence electrons. The van der Waals surface area contributed by atoms with Gasteiger partial charge in [0.15, 0.2) is 5.13 Å². The third-order valence-corrected chi connectivity index (χ3v) is 4.73. The highest BCUT2D eigenvalue weighted by Gasteiger charge is 2.13. The van der Waals surface area contributed by atoms with Crippen LogP contribution in [0.4, 0.5) is 22.2 Å². The summed E-state index contributed by atoms with van der Waals surface area (Å²) in [7, 11) is 5.57. The number of aryl methyl sites for hydroxylation is 1. The molecule has 0 aliphatic carbocycles. The van der Waals surface area contributed by atoms with E-state index in [-0.39, 0.29) is 5.91 Å². The molecule has 0 unspecified atom stereocenters. The molecule has 2 N–H and O–H groups in total. The number of methoxy groups -OCH3 is 1. The van der Waals surface area contributed by atoms with Crippen LogP contribution in [0.25, 0.3) is 0 Å². The van der Waals surface area contributed by atoms with Crippen LogP contribution in [0.3, 0.4) is 0 Å². The summed E-state index contributed by atoms with van der Waals surface area (Å²) in [5, 5.41) is 8.45. The van der Waals surface area contributed by atoms with Crippen molar-refractivity contribution in [1.82, 2.24) is 4.98 Å². The first-order chi connectivity index (χ1) is 13.0. The van der Waals surface area contributed by atoms with Gasteiger partial charge in [-0.2, -0.15) is 0 Å². The molecule has 7 heteroatoms. The summed E-state index contributed by atoms with van der Waals surface area (Å²) in [6.45, 7) is 2.01. The van der Waals surface area contributed by atoms with Crippen molar-refractivity contribution in [3.63, 3.8) is 0 Å². The summed E-state index contributed by atoms with van der Waals surface area (Å²) >= 11 is 1.37. The number of rotatable bonds is 6. The summed E-state index contributed by atoms with van der Waals surface area (Å²) in [6.07, 6.45) is 0. The van der Waals surface area contributed by atoms with Gasteiger partial charge in [-0.25, -0.2) is 4.98 Å². The van der Waals surface area contributed by atoms with Gasteiger partial charge in [0.05, 0.1) is 12.8 Å². The fraction of sp³-hybridized carbons (Fsp3) is 0.200. The molecule has 6 nitrogen and oxygen atoms in total. The van der Waals surface area contributed by atoms with Gasteiger partial charge in [-0.3, -0.25) is 4.79 Å². The minimum absolute atomic E-state index is 0.242. The van der Waals surface area contributed by atoms with E-state index >= 15 is 0 Å². The maximum atomic E-state index is 12.4. The number of benzene rings is 2. The predicted molar refractivity (Wildman–Crippen MR) is 112 cm³/mol. The Kier molecular flexibility index (Phi) is 5.61. The zero-order valence-electron chi connectivity index (χ0n) is 15.7. The first kappa shape index (κ1) is 18.7. The number of ether oxygens (including phenoxy) is 1. The van der Waals surface area contributed by atoms with Gasteiger partial charge in [0.2, 0.25) is 0 Å². The summed E-state index contributed by atoms with van der Waals surface area (Å²) in [5.41, 5.74) is 4.09. The van der Waals surface area contributed by atoms with E-state index in [1.54, 1.807) is 12.5 Å². The smallest absolute Gasteiger partial charge is 0.275 e. The number of carbonyl (C=O) groups is 1. The minimum Gasteiger partial charge on any atom is -0.495 e. The van der Waals surface area contributed by atoms with E-state index in [1.165, 1.54) is 11.3 Å². The molecule has 2 aromatic carbocycles. The Morgan fingerprint density at radius 3 is 2.56 bits per heavy atom. The van der Waals surface area contributed by atoms with Gasteiger partial charge in [-0.05, 0) is 48.9 Å². The topological polar surface area (TPSA) is 66.5 Å². The summed E-state index contributed by atoms with van der Waals surface area (Å²) in [6, 6.07) is 13.5. The molecule has 0 aliphatic heterocycles. The van der Waals surface area contributed by atoms with Gasteiger partial charge < -0.3 is 20.3 Å². The normalized spacial score (nSPS) is 10.4. The van der Waals surface area contributed by atoms with E-state index < -0.39 is 0 Å². The van der Waals surface area contributed by atoms with Gasteiger partial charge >= 0.3 is 0 Å². The van der Waals surface area contributed by atoms with Crippen LogP contribution >= 0.6 is 11.3 Å². The number of aromatic nitrogens is 1. The Balaban J connectivity index is 1.70. The van der Waals surface area contributed by atoms with Crippen LogP contribution in [-0.2, 0) is 0 Å². The van der Waals surface area contributed by atoms with Crippen molar-refractivity contribution < 1.29 is 9.53 Å². The summed E-state index contributed by atoms with van der Waals surface area (Å²) in [4.78, 5) is 18.8. The fourth-order valence-corrected chi connectivity index (χ4v) is 3.21. The summed E-state index contributed by atoms with van der Waals surface area (Å²) < 4.78 is 5.36. The highest BCUT2D eigenvalue weighted by Crippen LogP contribution is 2.30. The molecule has 27 heavy (non-hydrogen) atoms. The number of thiazole rings is 1. The average Bonchev–Trinajstić information content (AvgIpc) is 3.11. The maximum Gasteiger partial charge on any atom is 0.275 e. The molecule has 0 radical (unpaired) electrons. The van der Waals surface area contributed by atoms with Crippen molar-refractivity contribution in [2.24, 2.45) is 0 Å². The lowest BCUT2D eigenvalue weighted by molar-refractivity contribution is 0.102. The number of nitrogens with one attached hydrogen (secondary N) is 2. The monoisotopic (exact) mass is 382 g/mol. The van der Waals surface area contributed by atoms with Gasteiger partial charge in [0.25, 0.3) is 5.91 Å². The van der Waals surface area contributed by atoms with Crippen molar-refractivity contribution in [2.75, 3.05) is 36.7 Å². The van der Waals surface area contributed by atoms with Crippen LogP contribution in [0.15, 0.2) is 47.8 Å². The molecule has 1 aromatic heterocycles. The molecule has 0 spiro atoms. The van der Waals surface area contributed by atoms with Crippen LogP contribution in [0.5, 0.6) is 5.75 Å². The molecule has 1 amide bonds. The molecule has 3 rings (SSSR count). The summed E-state index contributed by atoms with van der Waals surface area (Å²) in [5.74, 6) is 0.482. The Morgan fingerprint density at radius 1 is 1.15 bits per heavy atom. The molecule has 0 saturated heterocycles. The Labute approximate surface area is 162 Å². The standard InChI is InChI=1S/C20H22N4O2S/c1-13-5-10-18(26-4)16(11-13)22-20-23-17(12-27-20)19(25)21-14-6-8-15(9-7-14)24(2)3/h5-12H,1-4H3,(H,21,25)(H,22,23). The van der Waals surface area contributed by atoms with E-state index in [2.05, 4.69) is 15.6 Å². The van der Waals surface area contributed by atoms with E-state index in [9.17, 15) is 4.79 Å². The molecule has 0 bridgehead atoms. The number of hydrogen-bond donors (Lipinski definition) is 2. The zero-order valence-corrected chi connectivity index (χ0v) is 16.6. The molecule has 0 atom stereocenters. The Morgan fingerprint density at radius 2 is 1.89 bits per heavy atom. The van der Waals surface area contributed by atoms with Crippen LogP contribution in [0.2, 0.25) is 0 Å². The van der Waals surface area contributed by atoms with Crippen LogP contribution in [-0.4, -0.2) is 32.1 Å². The van der Waals surface area contributed by atoms with Crippen molar-refractivity contribution >= 4 is 39.4 Å². The molecule has 3 aromatic rings. The van der Waals surface area contributed by atoms with Crippen LogP contribution in [0.1, 0.15) is 16.1 Å². The quantitative estimate of drug-likeness (QED) is 0.656. The van der Waals surface area contributed by atoms with E-state index in [0.29, 0.717) is 10.8 Å². The molecule has 0 fully saturated rings. The predicted octanol–water partition coefficient (Wildman–Crippen LogP) is 4.52. The van der Waals surface area contributed by atoms with Crippen LogP contribution < -0.4 is 20.3 Å². The van der Waals surface area contributed by atoms with E-state index in [1.807, 2.05) is 68.4 Å². The third-order valence-electron chi connectivity index (χ3n) is 3.97. The van der Waals surface area contributed by atoms with Crippen LogP contribution in [0, 0.1) is 6.92 Å². The minimum atomic E-state index is -0.242. The number of carbonyl (C=O) groups excluding carboxylic acids is 1. The van der Waals surface area contributed by atoms with Gasteiger partial charge in [0, 0.05) is 30.9 Å². The fourth-order valence-electron chi connectivity index (χ4n) is 2.51. The molecule has 0 saturated carbocycles. The lowest BCUT2D eigenvalue weighted by atomic mass is 10.2. The molecule has 1 heterocycles. The van der Waals surface area contributed by atoms with Crippen molar-refractivity contribution in [2.45, 2.75) is 6.92 Å². The number of anilines is 4. The average molecular weight is 382 g/mol. The lowest BCUT2D eigenvalue weighted by Crippen LogP contribution is -2.13. The third kappa shape index (κ3) is 4.57. The Hall–Kier alpha value is -3.06. The van der Waals surface area contributed by atoms with Crippen molar-refractivity contribution in [3.8, 4) is 5.75 Å². The van der Waals surface area contributed by atoms with Crippen molar-refractivity contribution in [3.05, 3.63) is 59.1 Å². The lowest BCUT2D eigenvalue weighted by Gasteiger charge is -2.12. The van der Waals surface area contributed by atoms with E-state index in [0.717, 1.165) is 28.4 Å². The Bertz CT molecular complexity index is 935. The van der Waals surface area contributed by atoms with Gasteiger partial charge in [-0.1, -0.05) is 6.07 Å². The highest BCUT2D eigenvalue weighted by atomic mass is 32.1. The SMILES string of the molecule is COc1ccc(C)cc1Nc1nc(C(=O)Nc2ccc(N(C)C)cc2)cs1. The second-order valence-corrected chi connectivity index (χ2v) is 7.12. The number of nitrogens with zero attached hydrogens (tertiary/aromatic N) is 2. The van der Waals surface area contributed by atoms with Gasteiger partial charge in [0.1, 0.15) is 11.4 Å². The molecular formula is C20H22N4O2S. The highest BCUT2D eigenvalue weighted by molar-refractivity contribution is 7.14. The molecular weight excluding hydrogens is 360 g/mol. The van der Waals surface area contributed by atoms with Crippen molar-refractivity contribution in [1.29, 1.82) is 0 Å².